The van der Waals surface area contributed by atoms with E-state index in [4.69, 9.17) is 28.9 Å². The van der Waals surface area contributed by atoms with Crippen LogP contribution < -0.4 is 5.73 Å². The van der Waals surface area contributed by atoms with Gasteiger partial charge in [0.1, 0.15) is 0 Å². The molecule has 1 aromatic rings. The third-order valence-electron chi connectivity index (χ3n) is 3.75. The molecule has 0 aromatic heterocycles. The van der Waals surface area contributed by atoms with Crippen molar-refractivity contribution < 1.29 is 0 Å². The van der Waals surface area contributed by atoms with Gasteiger partial charge in [-0.15, -0.1) is 0 Å². The third kappa shape index (κ3) is 2.83. The van der Waals surface area contributed by atoms with Gasteiger partial charge in [0.2, 0.25) is 0 Å². The Hall–Kier alpha value is -0.280. The Balaban J connectivity index is 2.37. The van der Waals surface area contributed by atoms with Gasteiger partial charge in [-0.05, 0) is 63.0 Å². The Morgan fingerprint density at radius 2 is 1.89 bits per heavy atom. The highest BCUT2D eigenvalue weighted by Crippen LogP contribution is 2.39. The van der Waals surface area contributed by atoms with E-state index in [2.05, 4.69) is 18.7 Å². The first kappa shape index (κ1) is 14.1. The summed E-state index contributed by atoms with van der Waals surface area (Å²) in [4.78, 5) is 2.49. The molecule has 2 nitrogen and oxygen atoms in total. The molecule has 2 unspecified atom stereocenters. The second kappa shape index (κ2) is 5.79. The van der Waals surface area contributed by atoms with E-state index in [1.807, 2.05) is 12.1 Å². The minimum atomic E-state index is 0.339. The van der Waals surface area contributed by atoms with Crippen molar-refractivity contribution in [3.8, 4) is 0 Å². The van der Waals surface area contributed by atoms with Crippen LogP contribution in [0.25, 0.3) is 0 Å². The number of nitrogens with zero attached hydrogens (tertiary/aromatic N) is 1. The molecule has 1 aromatic carbocycles. The van der Waals surface area contributed by atoms with Gasteiger partial charge < -0.3 is 5.73 Å². The van der Waals surface area contributed by atoms with Gasteiger partial charge in [-0.2, -0.15) is 0 Å². The van der Waals surface area contributed by atoms with Crippen LogP contribution in [0.5, 0.6) is 0 Å². The van der Waals surface area contributed by atoms with Crippen molar-refractivity contribution in [3.05, 3.63) is 33.8 Å². The maximum absolute atomic E-state index is 6.11. The highest BCUT2D eigenvalue weighted by molar-refractivity contribution is 6.34. The predicted octanol–water partition coefficient (Wildman–Crippen LogP) is 3.72. The van der Waals surface area contributed by atoms with Crippen molar-refractivity contribution in [3.63, 3.8) is 0 Å². The lowest BCUT2D eigenvalue weighted by molar-refractivity contribution is 0.184. The molecule has 18 heavy (non-hydrogen) atoms. The van der Waals surface area contributed by atoms with Gasteiger partial charge >= 0.3 is 0 Å². The quantitative estimate of drug-likeness (QED) is 0.918. The normalized spacial score (nSPS) is 25.0. The highest BCUT2D eigenvalue weighted by Gasteiger charge is 2.35. The van der Waals surface area contributed by atoms with Crippen molar-refractivity contribution in [1.29, 1.82) is 0 Å². The summed E-state index contributed by atoms with van der Waals surface area (Å²) in [5, 5.41) is 1.40. The van der Waals surface area contributed by atoms with Gasteiger partial charge in [0.05, 0.1) is 0 Å². The molecule has 0 saturated carbocycles. The lowest BCUT2D eigenvalue weighted by atomic mass is 9.93. The van der Waals surface area contributed by atoms with Gasteiger partial charge in [-0.1, -0.05) is 23.2 Å². The first-order valence-electron chi connectivity index (χ1n) is 6.44. The number of benzene rings is 1. The van der Waals surface area contributed by atoms with Crippen LogP contribution in [0.3, 0.4) is 0 Å². The molecule has 0 aliphatic carbocycles. The SMILES string of the molecule is CC(C)N1CCC(CN)C1c1cc(Cl)cc(Cl)c1. The molecule has 2 atom stereocenters. The highest BCUT2D eigenvalue weighted by atomic mass is 35.5. The van der Waals surface area contributed by atoms with Crippen LogP contribution in [-0.2, 0) is 0 Å². The summed E-state index contributed by atoms with van der Waals surface area (Å²) in [5.74, 6) is 0.488. The van der Waals surface area contributed by atoms with Crippen molar-refractivity contribution in [2.45, 2.75) is 32.4 Å². The summed E-state index contributed by atoms with van der Waals surface area (Å²) < 4.78 is 0. The fourth-order valence-corrected chi connectivity index (χ4v) is 3.46. The van der Waals surface area contributed by atoms with Crippen LogP contribution in [0.15, 0.2) is 18.2 Å². The molecule has 4 heteroatoms. The summed E-state index contributed by atoms with van der Waals surface area (Å²) in [6, 6.07) is 6.65. The lowest BCUT2D eigenvalue weighted by Crippen LogP contribution is -2.33. The van der Waals surface area contributed by atoms with Crippen molar-refractivity contribution in [1.82, 2.24) is 4.90 Å². The van der Waals surface area contributed by atoms with E-state index < -0.39 is 0 Å². The summed E-state index contributed by atoms with van der Waals surface area (Å²) in [7, 11) is 0. The molecule has 2 N–H and O–H groups in total. The molecular weight excluding hydrogens is 267 g/mol. The van der Waals surface area contributed by atoms with Crippen LogP contribution in [0.1, 0.15) is 31.9 Å². The minimum Gasteiger partial charge on any atom is -0.330 e. The smallest absolute Gasteiger partial charge is 0.0424 e. The van der Waals surface area contributed by atoms with E-state index in [1.165, 1.54) is 5.56 Å². The number of halogens is 2. The van der Waals surface area contributed by atoms with E-state index in [0.717, 1.165) is 13.0 Å². The number of hydrogen-bond acceptors (Lipinski definition) is 2. The van der Waals surface area contributed by atoms with Gasteiger partial charge in [0.15, 0.2) is 0 Å². The molecule has 1 heterocycles. The van der Waals surface area contributed by atoms with Gasteiger partial charge in [0, 0.05) is 22.1 Å². The van der Waals surface area contributed by atoms with Crippen LogP contribution in [0.4, 0.5) is 0 Å². The monoisotopic (exact) mass is 286 g/mol. The average molecular weight is 287 g/mol. The first-order chi connectivity index (χ1) is 8.52. The van der Waals surface area contributed by atoms with Crippen molar-refractivity contribution in [2.24, 2.45) is 11.7 Å². The fraction of sp³-hybridized carbons (Fsp3) is 0.571. The van der Waals surface area contributed by atoms with E-state index >= 15 is 0 Å². The molecule has 0 spiro atoms. The van der Waals surface area contributed by atoms with Crippen LogP contribution >= 0.6 is 23.2 Å². The van der Waals surface area contributed by atoms with E-state index in [-0.39, 0.29) is 0 Å². The summed E-state index contributed by atoms with van der Waals surface area (Å²) in [6.07, 6.45) is 1.14. The summed E-state index contributed by atoms with van der Waals surface area (Å²) in [5.41, 5.74) is 7.10. The van der Waals surface area contributed by atoms with E-state index in [0.29, 0.717) is 34.6 Å². The standard InChI is InChI=1S/C14H20Cl2N2/c1-9(2)18-4-3-10(8-17)14(18)11-5-12(15)7-13(16)6-11/h5-7,9-10,14H,3-4,8,17H2,1-2H3. The molecule has 1 saturated heterocycles. The topological polar surface area (TPSA) is 29.3 Å². The number of rotatable bonds is 3. The molecule has 0 amide bonds. The second-order valence-corrected chi connectivity index (χ2v) is 6.14. The number of likely N-dealkylation sites (tertiary alicyclic amines) is 1. The zero-order valence-corrected chi connectivity index (χ0v) is 12.4. The van der Waals surface area contributed by atoms with E-state index in [9.17, 15) is 0 Å². The zero-order valence-electron chi connectivity index (χ0n) is 10.9. The Labute approximate surface area is 119 Å². The minimum absolute atomic E-state index is 0.339. The Bertz CT molecular complexity index is 400. The second-order valence-electron chi connectivity index (χ2n) is 5.26. The molecular formula is C14H20Cl2N2. The van der Waals surface area contributed by atoms with Crippen LogP contribution in [0, 0.1) is 5.92 Å². The molecule has 1 aliphatic heterocycles. The number of nitrogens with two attached hydrogens (primary N) is 1. The molecule has 0 bridgehead atoms. The Kier molecular flexibility index (Phi) is 4.54. The molecule has 1 aliphatic rings. The van der Waals surface area contributed by atoms with Gasteiger partial charge in [-0.3, -0.25) is 4.90 Å². The molecule has 2 rings (SSSR count). The van der Waals surface area contributed by atoms with Crippen LogP contribution in [0.2, 0.25) is 10.0 Å². The van der Waals surface area contributed by atoms with Gasteiger partial charge in [0.25, 0.3) is 0 Å². The summed E-state index contributed by atoms with van der Waals surface area (Å²) >= 11 is 12.2. The summed E-state index contributed by atoms with van der Waals surface area (Å²) in [6.45, 7) is 6.24. The Morgan fingerprint density at radius 1 is 1.28 bits per heavy atom. The lowest BCUT2D eigenvalue weighted by Gasteiger charge is -2.31. The molecule has 1 fully saturated rings. The van der Waals surface area contributed by atoms with Crippen molar-refractivity contribution >= 4 is 23.2 Å². The van der Waals surface area contributed by atoms with Crippen molar-refractivity contribution in [2.75, 3.05) is 13.1 Å². The first-order valence-corrected chi connectivity index (χ1v) is 7.20. The van der Waals surface area contributed by atoms with E-state index in [1.54, 1.807) is 6.07 Å². The molecule has 100 valence electrons. The van der Waals surface area contributed by atoms with Gasteiger partial charge in [-0.25, -0.2) is 0 Å². The van der Waals surface area contributed by atoms with Crippen LogP contribution in [-0.4, -0.2) is 24.0 Å². The largest absolute Gasteiger partial charge is 0.330 e. The fourth-order valence-electron chi connectivity index (χ4n) is 2.92. The maximum Gasteiger partial charge on any atom is 0.0424 e. The Morgan fingerprint density at radius 3 is 2.39 bits per heavy atom. The number of hydrogen-bond donors (Lipinski definition) is 1. The predicted molar refractivity (Wildman–Crippen MR) is 78.2 cm³/mol. The average Bonchev–Trinajstić information content (AvgIpc) is 2.71. The molecule has 0 radical (unpaired) electrons. The zero-order chi connectivity index (χ0) is 13.3. The third-order valence-corrected chi connectivity index (χ3v) is 4.19. The maximum atomic E-state index is 6.11.